The minimum Gasteiger partial charge on any atom is -0.349 e. The van der Waals surface area contributed by atoms with Crippen LogP contribution in [0.4, 0.5) is 5.95 Å². The van der Waals surface area contributed by atoms with Gasteiger partial charge in [-0.15, -0.1) is 0 Å². The highest BCUT2D eigenvalue weighted by Gasteiger charge is 2.28. The first-order valence-electron chi connectivity index (χ1n) is 9.26. The van der Waals surface area contributed by atoms with Gasteiger partial charge in [0.25, 0.3) is 0 Å². The van der Waals surface area contributed by atoms with Gasteiger partial charge in [0, 0.05) is 13.1 Å². The Morgan fingerprint density at radius 3 is 2.77 bits per heavy atom. The quantitative estimate of drug-likeness (QED) is 0.756. The van der Waals surface area contributed by atoms with Crippen molar-refractivity contribution in [3.8, 4) is 0 Å². The minimum absolute atomic E-state index is 0.0110. The molecule has 0 saturated carbocycles. The molecule has 3 aromatic rings. The van der Waals surface area contributed by atoms with Crippen molar-refractivity contribution in [3.05, 3.63) is 60.2 Å². The molecule has 2 atom stereocenters. The van der Waals surface area contributed by atoms with E-state index in [1.165, 1.54) is 0 Å². The summed E-state index contributed by atoms with van der Waals surface area (Å²) < 4.78 is 0. The fourth-order valence-electron chi connectivity index (χ4n) is 3.63. The second kappa shape index (κ2) is 7.20. The first-order chi connectivity index (χ1) is 12.7. The Morgan fingerprint density at radius 1 is 1.19 bits per heavy atom. The number of aromatic nitrogens is 2. The number of anilines is 1. The lowest BCUT2D eigenvalue weighted by Crippen LogP contribution is -2.44. The molecule has 1 saturated heterocycles. The van der Waals surface area contributed by atoms with Gasteiger partial charge in [-0.3, -0.25) is 4.79 Å². The van der Waals surface area contributed by atoms with Gasteiger partial charge in [-0.05, 0) is 37.5 Å². The Hall–Kier alpha value is -2.82. The van der Waals surface area contributed by atoms with Gasteiger partial charge in [-0.2, -0.15) is 0 Å². The molecular weight excluding hydrogens is 324 g/mol. The Bertz CT molecular complexity index is 856. The summed E-state index contributed by atoms with van der Waals surface area (Å²) in [5.74, 6) is 0.977. The number of rotatable bonds is 4. The zero-order valence-corrected chi connectivity index (χ0v) is 15.0. The van der Waals surface area contributed by atoms with Gasteiger partial charge in [0.2, 0.25) is 11.9 Å². The van der Waals surface area contributed by atoms with Crippen LogP contribution in [0.15, 0.2) is 54.6 Å². The van der Waals surface area contributed by atoms with Gasteiger partial charge in [-0.25, -0.2) is 4.98 Å². The van der Waals surface area contributed by atoms with E-state index in [9.17, 15) is 4.79 Å². The Kier molecular flexibility index (Phi) is 4.61. The monoisotopic (exact) mass is 348 g/mol. The first kappa shape index (κ1) is 16.6. The number of nitrogens with zero attached hydrogens (tertiary/aromatic N) is 2. The van der Waals surface area contributed by atoms with E-state index < -0.39 is 0 Å². The summed E-state index contributed by atoms with van der Waals surface area (Å²) in [7, 11) is 0. The molecule has 5 heteroatoms. The summed E-state index contributed by atoms with van der Waals surface area (Å²) in [6.45, 7) is 3.66. The van der Waals surface area contributed by atoms with Gasteiger partial charge < -0.3 is 15.2 Å². The van der Waals surface area contributed by atoms with Gasteiger partial charge in [0.15, 0.2) is 0 Å². The lowest BCUT2D eigenvalue weighted by Gasteiger charge is -2.32. The second-order valence-electron chi connectivity index (χ2n) is 7.00. The molecule has 0 bridgehead atoms. The predicted molar refractivity (Wildman–Crippen MR) is 104 cm³/mol. The van der Waals surface area contributed by atoms with Crippen LogP contribution in [0.2, 0.25) is 0 Å². The Labute approximate surface area is 153 Å². The lowest BCUT2D eigenvalue weighted by atomic mass is 9.96. The molecular formula is C21H24N4O. The van der Waals surface area contributed by atoms with Crippen molar-refractivity contribution in [1.82, 2.24) is 15.3 Å². The van der Waals surface area contributed by atoms with Crippen molar-refractivity contribution in [3.63, 3.8) is 0 Å². The number of piperidine rings is 1. The van der Waals surface area contributed by atoms with Gasteiger partial charge >= 0.3 is 0 Å². The topological polar surface area (TPSA) is 61.0 Å². The molecule has 0 spiro atoms. The molecule has 26 heavy (non-hydrogen) atoms. The maximum atomic E-state index is 12.8. The Balaban J connectivity index is 1.43. The summed E-state index contributed by atoms with van der Waals surface area (Å²) in [6, 6.07) is 18.1. The largest absolute Gasteiger partial charge is 0.349 e. The number of aromatic amines is 1. The average molecular weight is 348 g/mol. The van der Waals surface area contributed by atoms with Gasteiger partial charge in [0.05, 0.1) is 23.0 Å². The highest BCUT2D eigenvalue weighted by molar-refractivity contribution is 5.80. The van der Waals surface area contributed by atoms with Crippen LogP contribution < -0.4 is 10.2 Å². The van der Waals surface area contributed by atoms with Crippen LogP contribution in [0, 0.1) is 5.92 Å². The third-order valence-electron chi connectivity index (χ3n) is 5.13. The standard InChI is InChI=1S/C21H24N4O/c1-15(16-8-3-2-4-9-16)22-20(26)17-10-7-13-25(14-17)21-23-18-11-5-6-12-19(18)24-21/h2-6,8-9,11-12,15,17H,7,10,13-14H2,1H3,(H,22,26)(H,23,24)/t15-,17-/m1/s1. The molecule has 1 fully saturated rings. The van der Waals surface area contributed by atoms with Crippen LogP contribution in [0.1, 0.15) is 31.4 Å². The molecule has 2 N–H and O–H groups in total. The maximum Gasteiger partial charge on any atom is 0.225 e. The smallest absolute Gasteiger partial charge is 0.225 e. The summed E-state index contributed by atoms with van der Waals surface area (Å²) in [4.78, 5) is 23.0. The van der Waals surface area contributed by atoms with Crippen LogP contribution in [0.5, 0.6) is 0 Å². The van der Waals surface area contributed by atoms with Gasteiger partial charge in [-0.1, -0.05) is 42.5 Å². The van der Waals surface area contributed by atoms with E-state index in [0.717, 1.165) is 41.9 Å². The minimum atomic E-state index is -0.0110. The molecule has 5 nitrogen and oxygen atoms in total. The van der Waals surface area contributed by atoms with Crippen LogP contribution >= 0.6 is 0 Å². The van der Waals surface area contributed by atoms with Crippen LogP contribution in [0.3, 0.4) is 0 Å². The second-order valence-corrected chi connectivity index (χ2v) is 7.00. The van der Waals surface area contributed by atoms with Crippen molar-refractivity contribution in [1.29, 1.82) is 0 Å². The molecule has 2 aromatic carbocycles. The molecule has 0 aliphatic carbocycles. The van der Waals surface area contributed by atoms with Gasteiger partial charge in [0.1, 0.15) is 0 Å². The summed E-state index contributed by atoms with van der Waals surface area (Å²) >= 11 is 0. The van der Waals surface area contributed by atoms with Crippen LogP contribution in [-0.2, 0) is 4.79 Å². The third-order valence-corrected chi connectivity index (χ3v) is 5.13. The molecule has 2 heterocycles. The number of amides is 1. The van der Waals surface area contributed by atoms with E-state index in [1.54, 1.807) is 0 Å². The highest BCUT2D eigenvalue weighted by Crippen LogP contribution is 2.24. The average Bonchev–Trinajstić information content (AvgIpc) is 3.13. The molecule has 1 aliphatic heterocycles. The van der Waals surface area contributed by atoms with Crippen LogP contribution in [-0.4, -0.2) is 29.0 Å². The number of carbonyl (C=O) groups is 1. The van der Waals surface area contributed by atoms with E-state index in [-0.39, 0.29) is 17.9 Å². The van der Waals surface area contributed by atoms with Crippen LogP contribution in [0.25, 0.3) is 11.0 Å². The number of imidazole rings is 1. The normalized spacial score (nSPS) is 18.7. The van der Waals surface area contributed by atoms with E-state index in [4.69, 9.17) is 0 Å². The molecule has 0 unspecified atom stereocenters. The lowest BCUT2D eigenvalue weighted by molar-refractivity contribution is -0.125. The molecule has 4 rings (SSSR count). The number of para-hydroxylation sites is 2. The zero-order valence-electron chi connectivity index (χ0n) is 15.0. The van der Waals surface area contributed by atoms with E-state index in [0.29, 0.717) is 6.54 Å². The molecule has 1 amide bonds. The van der Waals surface area contributed by atoms with E-state index >= 15 is 0 Å². The Morgan fingerprint density at radius 2 is 1.96 bits per heavy atom. The number of fused-ring (bicyclic) bond motifs is 1. The zero-order chi connectivity index (χ0) is 17.9. The van der Waals surface area contributed by atoms with Crippen molar-refractivity contribution >= 4 is 22.9 Å². The SMILES string of the molecule is C[C@@H](NC(=O)[C@@H]1CCCN(c2nc3ccccc3[nH]2)C1)c1ccccc1. The maximum absolute atomic E-state index is 12.8. The number of benzene rings is 2. The summed E-state index contributed by atoms with van der Waals surface area (Å²) in [6.07, 6.45) is 1.92. The number of nitrogens with one attached hydrogen (secondary N) is 2. The van der Waals surface area contributed by atoms with Crippen molar-refractivity contribution in [2.24, 2.45) is 5.92 Å². The molecule has 1 aromatic heterocycles. The molecule has 134 valence electrons. The molecule has 0 radical (unpaired) electrons. The highest BCUT2D eigenvalue weighted by atomic mass is 16.2. The van der Waals surface area contributed by atoms with E-state index in [2.05, 4.69) is 20.2 Å². The first-order valence-corrected chi connectivity index (χ1v) is 9.26. The number of hydrogen-bond donors (Lipinski definition) is 2. The summed E-state index contributed by atoms with van der Waals surface area (Å²) in [5, 5.41) is 3.17. The predicted octanol–water partition coefficient (Wildman–Crippen LogP) is 3.66. The third kappa shape index (κ3) is 3.43. The number of hydrogen-bond acceptors (Lipinski definition) is 3. The van der Waals surface area contributed by atoms with Crippen molar-refractivity contribution in [2.75, 3.05) is 18.0 Å². The molecule has 1 aliphatic rings. The fourth-order valence-corrected chi connectivity index (χ4v) is 3.63. The number of H-pyrrole nitrogens is 1. The summed E-state index contributed by atoms with van der Waals surface area (Å²) in [5.41, 5.74) is 3.13. The fraction of sp³-hybridized carbons (Fsp3) is 0.333. The van der Waals surface area contributed by atoms with Crippen molar-refractivity contribution in [2.45, 2.75) is 25.8 Å². The van der Waals surface area contributed by atoms with E-state index in [1.807, 2.05) is 61.5 Å². The number of carbonyl (C=O) groups excluding carboxylic acids is 1. The van der Waals surface area contributed by atoms with Crippen molar-refractivity contribution < 1.29 is 4.79 Å².